The average Bonchev–Trinajstić information content (AvgIpc) is 2.28. The summed E-state index contributed by atoms with van der Waals surface area (Å²) in [5.74, 6) is 2.32. The predicted molar refractivity (Wildman–Crippen MR) is 69.1 cm³/mol. The Morgan fingerprint density at radius 3 is 2.25 bits per heavy atom. The molecule has 0 aromatic heterocycles. The van der Waals surface area contributed by atoms with Crippen LogP contribution in [0.1, 0.15) is 21.5 Å². The summed E-state index contributed by atoms with van der Waals surface area (Å²) < 4.78 is 0. The number of thioether (sulfide) groups is 1. The van der Waals surface area contributed by atoms with Gasteiger partial charge in [-0.1, -0.05) is 17.2 Å². The maximum absolute atomic E-state index is 12.2. The summed E-state index contributed by atoms with van der Waals surface area (Å²) in [4.78, 5) is 14.2. The van der Waals surface area contributed by atoms with E-state index in [0.717, 1.165) is 41.3 Å². The van der Waals surface area contributed by atoms with Crippen molar-refractivity contribution in [2.45, 2.75) is 13.8 Å². The highest BCUT2D eigenvalue weighted by Crippen LogP contribution is 2.15. The topological polar surface area (TPSA) is 20.3 Å². The summed E-state index contributed by atoms with van der Waals surface area (Å²) in [6.07, 6.45) is 0. The van der Waals surface area contributed by atoms with Crippen LogP contribution in [0.4, 0.5) is 0 Å². The second-order valence-electron chi connectivity index (χ2n) is 4.28. The molecule has 1 aromatic carbocycles. The first-order valence-electron chi connectivity index (χ1n) is 5.62. The molecule has 86 valence electrons. The lowest BCUT2D eigenvalue weighted by molar-refractivity contribution is 0.0772. The zero-order valence-electron chi connectivity index (χ0n) is 9.82. The van der Waals surface area contributed by atoms with Gasteiger partial charge < -0.3 is 4.90 Å². The Kier molecular flexibility index (Phi) is 3.54. The Bertz CT molecular complexity index is 377. The fraction of sp³-hybridized carbons (Fsp3) is 0.462. The SMILES string of the molecule is Cc1cc(C)cc(C(=O)N2CCSCC2)c1. The molecule has 1 aromatic rings. The molecule has 1 amide bonds. The number of rotatable bonds is 1. The molecule has 0 saturated carbocycles. The molecule has 0 spiro atoms. The van der Waals surface area contributed by atoms with Crippen LogP contribution in [0.25, 0.3) is 0 Å². The van der Waals surface area contributed by atoms with Gasteiger partial charge in [0.2, 0.25) is 0 Å². The van der Waals surface area contributed by atoms with E-state index in [0.29, 0.717) is 0 Å². The number of carbonyl (C=O) groups is 1. The van der Waals surface area contributed by atoms with Crippen LogP contribution >= 0.6 is 11.8 Å². The van der Waals surface area contributed by atoms with Crippen LogP contribution in [0.3, 0.4) is 0 Å². The largest absolute Gasteiger partial charge is 0.337 e. The Labute approximate surface area is 101 Å². The summed E-state index contributed by atoms with van der Waals surface area (Å²) in [6, 6.07) is 6.07. The van der Waals surface area contributed by atoms with Crippen molar-refractivity contribution in [2.75, 3.05) is 24.6 Å². The molecular weight excluding hydrogens is 218 g/mol. The molecule has 1 saturated heterocycles. The molecule has 0 aliphatic carbocycles. The van der Waals surface area contributed by atoms with Crippen LogP contribution < -0.4 is 0 Å². The Hall–Kier alpha value is -0.960. The summed E-state index contributed by atoms with van der Waals surface area (Å²) >= 11 is 1.92. The summed E-state index contributed by atoms with van der Waals surface area (Å²) in [6.45, 7) is 5.85. The number of benzene rings is 1. The minimum absolute atomic E-state index is 0.187. The molecule has 1 fully saturated rings. The zero-order valence-corrected chi connectivity index (χ0v) is 10.6. The summed E-state index contributed by atoms with van der Waals surface area (Å²) in [5, 5.41) is 0. The van der Waals surface area contributed by atoms with Gasteiger partial charge in [0.05, 0.1) is 0 Å². The number of aryl methyl sites for hydroxylation is 2. The highest BCUT2D eigenvalue weighted by Gasteiger charge is 2.18. The van der Waals surface area contributed by atoms with E-state index in [1.54, 1.807) is 0 Å². The molecular formula is C13H17NOS. The van der Waals surface area contributed by atoms with Crippen LogP contribution in [0.15, 0.2) is 18.2 Å². The Morgan fingerprint density at radius 2 is 1.69 bits per heavy atom. The van der Waals surface area contributed by atoms with Crippen LogP contribution in [0.5, 0.6) is 0 Å². The van der Waals surface area contributed by atoms with Crippen LogP contribution in [-0.2, 0) is 0 Å². The van der Waals surface area contributed by atoms with Crippen LogP contribution in [0, 0.1) is 13.8 Å². The van der Waals surface area contributed by atoms with E-state index in [1.165, 1.54) is 0 Å². The van der Waals surface area contributed by atoms with E-state index in [2.05, 4.69) is 6.07 Å². The maximum atomic E-state index is 12.2. The molecule has 1 aliphatic rings. The van der Waals surface area contributed by atoms with E-state index in [-0.39, 0.29) is 5.91 Å². The van der Waals surface area contributed by atoms with Crippen molar-refractivity contribution in [3.05, 3.63) is 34.9 Å². The third-order valence-electron chi connectivity index (χ3n) is 2.77. The van der Waals surface area contributed by atoms with E-state index < -0.39 is 0 Å². The standard InChI is InChI=1S/C13H17NOS/c1-10-7-11(2)9-12(8-10)13(15)14-3-5-16-6-4-14/h7-9H,3-6H2,1-2H3. The van der Waals surface area contributed by atoms with Crippen LogP contribution in [-0.4, -0.2) is 35.4 Å². The van der Waals surface area contributed by atoms with Crippen molar-refractivity contribution in [1.82, 2.24) is 4.90 Å². The van der Waals surface area contributed by atoms with E-state index in [1.807, 2.05) is 42.6 Å². The molecule has 0 radical (unpaired) electrons. The lowest BCUT2D eigenvalue weighted by Crippen LogP contribution is -2.37. The molecule has 0 atom stereocenters. The van der Waals surface area contributed by atoms with E-state index in [4.69, 9.17) is 0 Å². The third kappa shape index (κ3) is 2.59. The minimum Gasteiger partial charge on any atom is -0.337 e. The number of carbonyl (C=O) groups excluding carboxylic acids is 1. The maximum Gasteiger partial charge on any atom is 0.253 e. The summed E-state index contributed by atoms with van der Waals surface area (Å²) in [5.41, 5.74) is 3.16. The van der Waals surface area contributed by atoms with Crippen molar-refractivity contribution < 1.29 is 4.79 Å². The van der Waals surface area contributed by atoms with Crippen molar-refractivity contribution in [1.29, 1.82) is 0 Å². The highest BCUT2D eigenvalue weighted by atomic mass is 32.2. The summed E-state index contributed by atoms with van der Waals surface area (Å²) in [7, 11) is 0. The first-order valence-corrected chi connectivity index (χ1v) is 6.77. The number of nitrogens with zero attached hydrogens (tertiary/aromatic N) is 1. The molecule has 0 unspecified atom stereocenters. The number of amides is 1. The van der Waals surface area contributed by atoms with Crippen molar-refractivity contribution in [3.63, 3.8) is 0 Å². The van der Waals surface area contributed by atoms with Crippen molar-refractivity contribution in [3.8, 4) is 0 Å². The van der Waals surface area contributed by atoms with Crippen LogP contribution in [0.2, 0.25) is 0 Å². The third-order valence-corrected chi connectivity index (χ3v) is 3.71. The van der Waals surface area contributed by atoms with Gasteiger partial charge in [-0.15, -0.1) is 0 Å². The van der Waals surface area contributed by atoms with Crippen molar-refractivity contribution >= 4 is 17.7 Å². The molecule has 16 heavy (non-hydrogen) atoms. The van der Waals surface area contributed by atoms with Gasteiger partial charge in [0.25, 0.3) is 5.91 Å². The van der Waals surface area contributed by atoms with Gasteiger partial charge in [-0.3, -0.25) is 4.79 Å². The molecule has 2 nitrogen and oxygen atoms in total. The van der Waals surface area contributed by atoms with E-state index >= 15 is 0 Å². The van der Waals surface area contributed by atoms with Crippen molar-refractivity contribution in [2.24, 2.45) is 0 Å². The predicted octanol–water partition coefficient (Wildman–Crippen LogP) is 2.49. The van der Waals surface area contributed by atoms with Gasteiger partial charge in [-0.05, 0) is 26.0 Å². The molecule has 3 heteroatoms. The van der Waals surface area contributed by atoms with Gasteiger partial charge in [0, 0.05) is 30.2 Å². The monoisotopic (exact) mass is 235 g/mol. The second-order valence-corrected chi connectivity index (χ2v) is 5.51. The molecule has 0 bridgehead atoms. The van der Waals surface area contributed by atoms with Gasteiger partial charge in [-0.25, -0.2) is 0 Å². The fourth-order valence-corrected chi connectivity index (χ4v) is 2.95. The quantitative estimate of drug-likeness (QED) is 0.745. The van der Waals surface area contributed by atoms with Gasteiger partial charge in [0.1, 0.15) is 0 Å². The molecule has 2 rings (SSSR count). The van der Waals surface area contributed by atoms with Gasteiger partial charge in [-0.2, -0.15) is 11.8 Å². The highest BCUT2D eigenvalue weighted by molar-refractivity contribution is 7.99. The zero-order chi connectivity index (χ0) is 11.5. The first-order chi connectivity index (χ1) is 7.66. The second kappa shape index (κ2) is 4.91. The normalized spacial score (nSPS) is 16.2. The minimum atomic E-state index is 0.187. The lowest BCUT2D eigenvalue weighted by Gasteiger charge is -2.26. The fourth-order valence-electron chi connectivity index (χ4n) is 2.05. The number of hydrogen-bond donors (Lipinski definition) is 0. The Balaban J connectivity index is 2.19. The Morgan fingerprint density at radius 1 is 1.12 bits per heavy atom. The first kappa shape index (κ1) is 11.5. The molecule has 1 aliphatic heterocycles. The van der Waals surface area contributed by atoms with Gasteiger partial charge in [0.15, 0.2) is 0 Å². The molecule has 0 N–H and O–H groups in total. The van der Waals surface area contributed by atoms with E-state index in [9.17, 15) is 4.79 Å². The smallest absolute Gasteiger partial charge is 0.253 e. The average molecular weight is 235 g/mol. The molecule has 1 heterocycles. The lowest BCUT2D eigenvalue weighted by atomic mass is 10.1. The number of hydrogen-bond acceptors (Lipinski definition) is 2. The van der Waals surface area contributed by atoms with Gasteiger partial charge >= 0.3 is 0 Å².